The number of nitrogens with one attached hydrogen (secondary N) is 2. The molecule has 0 saturated heterocycles. The van der Waals surface area contributed by atoms with Crippen LogP contribution in [0.4, 0.5) is 0 Å². The van der Waals surface area contributed by atoms with Gasteiger partial charge < -0.3 is 20.5 Å². The predicted molar refractivity (Wildman–Crippen MR) is 133 cm³/mol. The molecule has 0 radical (unpaired) electrons. The van der Waals surface area contributed by atoms with Gasteiger partial charge >= 0.3 is 0 Å². The smallest absolute Gasteiger partial charge is 0.223 e. The minimum absolute atomic E-state index is 0. The Morgan fingerprint density at radius 2 is 1.78 bits per heavy atom. The normalized spacial score (nSPS) is 13.5. The average Bonchev–Trinajstić information content (AvgIpc) is 2.80. The molecule has 3 N–H and O–H groups in total. The Bertz CT molecular complexity index is 773. The van der Waals surface area contributed by atoms with Gasteiger partial charge in [0.1, 0.15) is 5.75 Å². The number of carbonyl (C=O) groups excluding carboxylic acids is 1. The second-order valence-electron chi connectivity index (χ2n) is 8.10. The van der Waals surface area contributed by atoms with Crippen molar-refractivity contribution in [3.8, 4) is 5.75 Å². The van der Waals surface area contributed by atoms with Gasteiger partial charge in [-0.25, -0.2) is 0 Å². The van der Waals surface area contributed by atoms with E-state index in [2.05, 4.69) is 24.5 Å². The van der Waals surface area contributed by atoms with E-state index in [1.807, 2.05) is 54.6 Å². The highest BCUT2D eigenvalue weighted by Crippen LogP contribution is 2.15. The van der Waals surface area contributed by atoms with Crippen molar-refractivity contribution in [2.24, 2.45) is 5.92 Å². The molecule has 3 atom stereocenters. The van der Waals surface area contributed by atoms with Crippen molar-refractivity contribution in [2.45, 2.75) is 64.6 Å². The van der Waals surface area contributed by atoms with E-state index < -0.39 is 6.10 Å². The van der Waals surface area contributed by atoms with Crippen molar-refractivity contribution in [2.75, 3.05) is 13.7 Å². The highest BCUT2D eigenvalue weighted by molar-refractivity contribution is 5.85. The summed E-state index contributed by atoms with van der Waals surface area (Å²) in [4.78, 5) is 12.9. The van der Waals surface area contributed by atoms with Crippen LogP contribution in [-0.4, -0.2) is 36.8 Å². The Labute approximate surface area is 199 Å². The lowest BCUT2D eigenvalue weighted by Gasteiger charge is -2.27. The van der Waals surface area contributed by atoms with Gasteiger partial charge in [-0.05, 0) is 42.5 Å². The van der Waals surface area contributed by atoms with E-state index in [0.717, 1.165) is 42.6 Å². The first-order valence-corrected chi connectivity index (χ1v) is 11.4. The van der Waals surface area contributed by atoms with Crippen molar-refractivity contribution in [1.82, 2.24) is 10.6 Å². The number of aliphatic hydroxyl groups excluding tert-OH is 1. The second-order valence-corrected chi connectivity index (χ2v) is 8.10. The van der Waals surface area contributed by atoms with Crippen LogP contribution >= 0.6 is 12.4 Å². The molecule has 2 aromatic rings. The topological polar surface area (TPSA) is 70.6 Å². The van der Waals surface area contributed by atoms with Gasteiger partial charge in [-0.3, -0.25) is 4.79 Å². The van der Waals surface area contributed by atoms with Crippen LogP contribution in [0.3, 0.4) is 0 Å². The number of hydrogen-bond acceptors (Lipinski definition) is 4. The van der Waals surface area contributed by atoms with Crippen LogP contribution < -0.4 is 15.4 Å². The zero-order valence-electron chi connectivity index (χ0n) is 19.5. The number of ether oxygens (including phenoxy) is 1. The van der Waals surface area contributed by atoms with E-state index in [4.69, 9.17) is 4.74 Å². The van der Waals surface area contributed by atoms with Crippen LogP contribution in [0.1, 0.15) is 50.7 Å². The number of halogens is 1. The van der Waals surface area contributed by atoms with Crippen LogP contribution in [0.15, 0.2) is 54.6 Å². The number of hydrogen-bond donors (Lipinski definition) is 3. The molecule has 2 rings (SSSR count). The zero-order valence-corrected chi connectivity index (χ0v) is 20.4. The molecule has 178 valence electrons. The third-order valence-electron chi connectivity index (χ3n) is 5.68. The molecule has 2 aromatic carbocycles. The fourth-order valence-corrected chi connectivity index (χ4v) is 3.71. The molecule has 0 bridgehead atoms. The molecular weight excluding hydrogens is 424 g/mol. The highest BCUT2D eigenvalue weighted by atomic mass is 35.5. The molecule has 1 amide bonds. The van der Waals surface area contributed by atoms with Gasteiger partial charge in [0.25, 0.3) is 0 Å². The molecule has 32 heavy (non-hydrogen) atoms. The Hall–Kier alpha value is -2.08. The van der Waals surface area contributed by atoms with E-state index >= 15 is 0 Å². The average molecular weight is 463 g/mol. The van der Waals surface area contributed by atoms with Crippen molar-refractivity contribution >= 4 is 18.3 Å². The molecule has 1 unspecified atom stereocenters. The fourth-order valence-electron chi connectivity index (χ4n) is 3.71. The number of rotatable bonds is 14. The summed E-state index contributed by atoms with van der Waals surface area (Å²) in [6, 6.07) is 17.5. The third-order valence-corrected chi connectivity index (χ3v) is 5.68. The molecule has 0 aliphatic heterocycles. The second kappa shape index (κ2) is 15.7. The minimum Gasteiger partial charge on any atom is -0.497 e. The zero-order chi connectivity index (χ0) is 22.5. The lowest BCUT2D eigenvalue weighted by molar-refractivity contribution is -0.127. The maximum atomic E-state index is 12.9. The molecule has 6 heteroatoms. The highest BCUT2D eigenvalue weighted by Gasteiger charge is 2.25. The number of carbonyl (C=O) groups is 1. The van der Waals surface area contributed by atoms with Crippen molar-refractivity contribution in [3.63, 3.8) is 0 Å². The molecule has 0 heterocycles. The first kappa shape index (κ1) is 28.0. The Balaban J connectivity index is 0.00000512. The summed E-state index contributed by atoms with van der Waals surface area (Å²) >= 11 is 0. The summed E-state index contributed by atoms with van der Waals surface area (Å²) < 4.78 is 5.27. The van der Waals surface area contributed by atoms with Gasteiger partial charge in [-0.1, -0.05) is 69.2 Å². The fraction of sp³-hybridized carbons (Fsp3) is 0.500. The third kappa shape index (κ3) is 9.60. The summed E-state index contributed by atoms with van der Waals surface area (Å²) in [6.07, 6.45) is 3.72. The van der Waals surface area contributed by atoms with Gasteiger partial charge in [-0.2, -0.15) is 0 Å². The number of amides is 1. The standard InChI is InChI=1S/C26H38N2O3.ClH/c1-4-6-14-22(5-2)26(30)28-24(17-20-11-8-7-9-12-20)25(29)19-27-18-21-13-10-15-23(16-21)31-3;/h7-13,15-16,22,24-25,27,29H,4-6,14,17-19H2,1-3H3,(H,28,30);1H/t22?,24-,25+;/m0./s1. The predicted octanol–water partition coefficient (Wildman–Crippen LogP) is 4.51. The number of unbranched alkanes of at least 4 members (excludes halogenated alkanes) is 1. The lowest BCUT2D eigenvalue weighted by atomic mass is 9.96. The maximum absolute atomic E-state index is 12.9. The Kier molecular flexibility index (Phi) is 13.7. The van der Waals surface area contributed by atoms with Crippen LogP contribution in [0.5, 0.6) is 5.75 Å². The molecule has 0 saturated carbocycles. The summed E-state index contributed by atoms with van der Waals surface area (Å²) in [6.45, 7) is 5.20. The Morgan fingerprint density at radius 3 is 2.44 bits per heavy atom. The molecule has 0 fully saturated rings. The SMILES string of the molecule is CCCCC(CC)C(=O)N[C@@H](Cc1ccccc1)[C@H](O)CNCc1cccc(OC)c1.Cl. The van der Waals surface area contributed by atoms with Crippen LogP contribution in [0.2, 0.25) is 0 Å². The monoisotopic (exact) mass is 462 g/mol. The molecule has 0 aliphatic rings. The van der Waals surface area contributed by atoms with E-state index in [1.165, 1.54) is 0 Å². The number of methoxy groups -OCH3 is 1. The van der Waals surface area contributed by atoms with Crippen molar-refractivity contribution in [1.29, 1.82) is 0 Å². The van der Waals surface area contributed by atoms with Gasteiger partial charge in [0.2, 0.25) is 5.91 Å². The molecule has 5 nitrogen and oxygen atoms in total. The van der Waals surface area contributed by atoms with E-state index in [9.17, 15) is 9.90 Å². The maximum Gasteiger partial charge on any atom is 0.223 e. The largest absolute Gasteiger partial charge is 0.497 e. The first-order chi connectivity index (χ1) is 15.1. The summed E-state index contributed by atoms with van der Waals surface area (Å²) in [5.41, 5.74) is 2.18. The minimum atomic E-state index is -0.696. The van der Waals surface area contributed by atoms with Gasteiger partial charge in [0.15, 0.2) is 0 Å². The number of aliphatic hydroxyl groups is 1. The van der Waals surface area contributed by atoms with E-state index in [-0.39, 0.29) is 30.3 Å². The van der Waals surface area contributed by atoms with E-state index in [0.29, 0.717) is 19.5 Å². The summed E-state index contributed by atoms with van der Waals surface area (Å²) in [5.74, 6) is 0.852. The van der Waals surface area contributed by atoms with Crippen molar-refractivity contribution in [3.05, 3.63) is 65.7 Å². The molecule has 0 aliphatic carbocycles. The van der Waals surface area contributed by atoms with Crippen molar-refractivity contribution < 1.29 is 14.6 Å². The van der Waals surface area contributed by atoms with Gasteiger partial charge in [0.05, 0.1) is 19.3 Å². The van der Waals surface area contributed by atoms with Gasteiger partial charge in [0, 0.05) is 19.0 Å². The van der Waals surface area contributed by atoms with E-state index in [1.54, 1.807) is 7.11 Å². The van der Waals surface area contributed by atoms with Gasteiger partial charge in [-0.15, -0.1) is 12.4 Å². The quantitative estimate of drug-likeness (QED) is 0.386. The van der Waals surface area contributed by atoms with Crippen LogP contribution in [0.25, 0.3) is 0 Å². The molecular formula is C26H39ClN2O3. The van der Waals surface area contributed by atoms with Crippen LogP contribution in [0, 0.1) is 5.92 Å². The first-order valence-electron chi connectivity index (χ1n) is 11.4. The summed E-state index contributed by atoms with van der Waals surface area (Å²) in [5, 5.41) is 17.4. The lowest BCUT2D eigenvalue weighted by Crippen LogP contribution is -2.50. The molecule has 0 aromatic heterocycles. The number of benzene rings is 2. The van der Waals surface area contributed by atoms with Crippen LogP contribution in [-0.2, 0) is 17.8 Å². The molecule has 0 spiro atoms. The Morgan fingerprint density at radius 1 is 1.06 bits per heavy atom. The summed E-state index contributed by atoms with van der Waals surface area (Å²) in [7, 11) is 1.65.